The molecule has 0 spiro atoms. The minimum atomic E-state index is -0.370. The van der Waals surface area contributed by atoms with Crippen LogP contribution in [0, 0.1) is 5.92 Å². The normalized spacial score (nSPS) is 15.5. The van der Waals surface area contributed by atoms with Crippen molar-refractivity contribution in [1.29, 1.82) is 0 Å². The van der Waals surface area contributed by atoms with Gasteiger partial charge >= 0.3 is 0 Å². The third kappa shape index (κ3) is 4.50. The van der Waals surface area contributed by atoms with Crippen LogP contribution in [0.25, 0.3) is 10.2 Å². The number of nitrogens with zero attached hydrogens (tertiary/aromatic N) is 3. The molecule has 2 aromatic heterocycles. The third-order valence-corrected chi connectivity index (χ3v) is 7.03. The molecule has 1 aromatic carbocycles. The Morgan fingerprint density at radius 3 is 2.90 bits per heavy atom. The van der Waals surface area contributed by atoms with Gasteiger partial charge in [-0.3, -0.25) is 19.0 Å². The number of rotatable bonds is 5. The quantitative estimate of drug-likeness (QED) is 0.635. The van der Waals surface area contributed by atoms with Crippen molar-refractivity contribution in [1.82, 2.24) is 14.5 Å². The minimum absolute atomic E-state index is 0.153. The summed E-state index contributed by atoms with van der Waals surface area (Å²) in [6, 6.07) is 6.88. The molecule has 0 saturated heterocycles. The molecule has 0 saturated carbocycles. The van der Waals surface area contributed by atoms with E-state index in [-0.39, 0.29) is 30.5 Å². The molecular formula is C22H23ClN4O3S. The van der Waals surface area contributed by atoms with Gasteiger partial charge in [0.25, 0.3) is 5.56 Å². The van der Waals surface area contributed by atoms with Crippen molar-refractivity contribution in [3.05, 3.63) is 56.4 Å². The highest BCUT2D eigenvalue weighted by atomic mass is 35.5. The van der Waals surface area contributed by atoms with Crippen LogP contribution in [0.4, 0.5) is 5.69 Å². The molecular weight excluding hydrogens is 436 g/mol. The first-order chi connectivity index (χ1) is 14.8. The highest BCUT2D eigenvalue weighted by Gasteiger charge is 2.24. The SMILES string of the molecule is CC1CCc2c(sc3ncn(CC(=O)N(C)CC(=O)Nc4ccccc4Cl)c(=O)c23)C1. The maximum Gasteiger partial charge on any atom is 0.262 e. The zero-order valence-corrected chi connectivity index (χ0v) is 18.9. The monoisotopic (exact) mass is 458 g/mol. The second-order valence-corrected chi connectivity index (χ2v) is 9.48. The van der Waals surface area contributed by atoms with Crippen LogP contribution in [0.2, 0.25) is 5.02 Å². The maximum absolute atomic E-state index is 13.1. The van der Waals surface area contributed by atoms with Crippen LogP contribution in [0.5, 0.6) is 0 Å². The number of carbonyl (C=O) groups is 2. The smallest absolute Gasteiger partial charge is 0.262 e. The molecule has 1 unspecified atom stereocenters. The Hall–Kier alpha value is -2.71. The summed E-state index contributed by atoms with van der Waals surface area (Å²) in [6.07, 6.45) is 4.31. The van der Waals surface area contributed by atoms with Crippen molar-refractivity contribution >= 4 is 50.7 Å². The summed E-state index contributed by atoms with van der Waals surface area (Å²) in [7, 11) is 1.53. The summed E-state index contributed by atoms with van der Waals surface area (Å²) < 4.78 is 1.33. The van der Waals surface area contributed by atoms with Crippen molar-refractivity contribution in [2.24, 2.45) is 5.92 Å². The lowest BCUT2D eigenvalue weighted by molar-refractivity contribution is -0.133. The molecule has 4 rings (SSSR count). The fraction of sp³-hybridized carbons (Fsp3) is 0.364. The number of fused-ring (bicyclic) bond motifs is 3. The number of thiophene rings is 1. The Labute approximate surface area is 188 Å². The lowest BCUT2D eigenvalue weighted by Crippen LogP contribution is -2.38. The first-order valence-corrected chi connectivity index (χ1v) is 11.3. The first-order valence-electron chi connectivity index (χ1n) is 10.1. The fourth-order valence-electron chi connectivity index (χ4n) is 3.80. The van der Waals surface area contributed by atoms with Gasteiger partial charge in [-0.1, -0.05) is 30.7 Å². The number of amides is 2. The number of para-hydroxylation sites is 1. The molecule has 7 nitrogen and oxygen atoms in total. The molecule has 2 amide bonds. The van der Waals surface area contributed by atoms with Gasteiger partial charge in [0.1, 0.15) is 11.4 Å². The van der Waals surface area contributed by atoms with E-state index in [1.165, 1.54) is 27.7 Å². The highest BCUT2D eigenvalue weighted by Crippen LogP contribution is 2.35. The molecule has 1 N–H and O–H groups in total. The van der Waals surface area contributed by atoms with Crippen LogP contribution >= 0.6 is 22.9 Å². The molecule has 0 aliphatic heterocycles. The van der Waals surface area contributed by atoms with E-state index < -0.39 is 0 Å². The highest BCUT2D eigenvalue weighted by molar-refractivity contribution is 7.18. The van der Waals surface area contributed by atoms with Crippen molar-refractivity contribution in [2.75, 3.05) is 18.9 Å². The van der Waals surface area contributed by atoms with E-state index >= 15 is 0 Å². The van der Waals surface area contributed by atoms with Crippen molar-refractivity contribution < 1.29 is 9.59 Å². The average molecular weight is 459 g/mol. The van der Waals surface area contributed by atoms with Gasteiger partial charge in [0.2, 0.25) is 11.8 Å². The van der Waals surface area contributed by atoms with E-state index in [0.29, 0.717) is 22.0 Å². The number of anilines is 1. The summed E-state index contributed by atoms with van der Waals surface area (Å²) in [4.78, 5) is 45.7. The Kier molecular flexibility index (Phi) is 6.11. The number of benzene rings is 1. The maximum atomic E-state index is 13.1. The molecule has 9 heteroatoms. The minimum Gasteiger partial charge on any atom is -0.335 e. The second kappa shape index (κ2) is 8.80. The number of likely N-dealkylation sites (N-methyl/N-ethyl adjacent to an activating group) is 1. The summed E-state index contributed by atoms with van der Waals surface area (Å²) in [5, 5.41) is 3.75. The zero-order valence-electron chi connectivity index (χ0n) is 17.4. The lowest BCUT2D eigenvalue weighted by atomic mass is 9.89. The van der Waals surface area contributed by atoms with E-state index in [1.807, 2.05) is 0 Å². The number of hydrogen-bond donors (Lipinski definition) is 1. The van der Waals surface area contributed by atoms with Gasteiger partial charge in [0, 0.05) is 11.9 Å². The van der Waals surface area contributed by atoms with Crippen LogP contribution < -0.4 is 10.9 Å². The summed E-state index contributed by atoms with van der Waals surface area (Å²) in [6.45, 7) is 1.90. The van der Waals surface area contributed by atoms with Crippen molar-refractivity contribution in [2.45, 2.75) is 32.7 Å². The van der Waals surface area contributed by atoms with Crippen LogP contribution in [0.15, 0.2) is 35.4 Å². The Morgan fingerprint density at radius 2 is 2.13 bits per heavy atom. The van der Waals surface area contributed by atoms with Gasteiger partial charge in [0.05, 0.1) is 29.0 Å². The standard InChI is InChI=1S/C22H23ClN4O3S/c1-13-7-8-14-17(9-13)31-21-20(14)22(30)27(12-24-21)11-19(29)26(2)10-18(28)25-16-6-4-3-5-15(16)23/h3-6,12-13H,7-11H2,1-2H3,(H,25,28). The van der Waals surface area contributed by atoms with Crippen LogP contribution in [0.1, 0.15) is 23.8 Å². The van der Waals surface area contributed by atoms with E-state index in [9.17, 15) is 14.4 Å². The molecule has 3 aromatic rings. The van der Waals surface area contributed by atoms with Crippen LogP contribution in [-0.2, 0) is 29.0 Å². The molecule has 0 fully saturated rings. The molecule has 2 heterocycles. The van der Waals surface area contributed by atoms with Gasteiger partial charge in [-0.25, -0.2) is 4.98 Å². The zero-order chi connectivity index (χ0) is 22.1. The fourth-order valence-corrected chi connectivity index (χ4v) is 5.32. The van der Waals surface area contributed by atoms with Gasteiger partial charge in [-0.2, -0.15) is 0 Å². The number of aromatic nitrogens is 2. The topological polar surface area (TPSA) is 84.3 Å². The Balaban J connectivity index is 1.46. The first kappa shape index (κ1) is 21.5. The van der Waals surface area contributed by atoms with E-state index in [2.05, 4.69) is 17.2 Å². The van der Waals surface area contributed by atoms with Gasteiger partial charge in [0.15, 0.2) is 0 Å². The number of hydrogen-bond acceptors (Lipinski definition) is 5. The number of halogens is 1. The molecule has 162 valence electrons. The largest absolute Gasteiger partial charge is 0.335 e. The Morgan fingerprint density at radius 1 is 1.35 bits per heavy atom. The lowest BCUT2D eigenvalue weighted by Gasteiger charge is -2.18. The molecule has 0 radical (unpaired) electrons. The van der Waals surface area contributed by atoms with Crippen molar-refractivity contribution in [3.63, 3.8) is 0 Å². The molecule has 31 heavy (non-hydrogen) atoms. The molecule has 1 aliphatic rings. The third-order valence-electron chi connectivity index (χ3n) is 5.54. The summed E-state index contributed by atoms with van der Waals surface area (Å²) in [5.41, 5.74) is 1.38. The van der Waals surface area contributed by atoms with Crippen LogP contribution in [-0.4, -0.2) is 39.9 Å². The second-order valence-electron chi connectivity index (χ2n) is 7.99. The van der Waals surface area contributed by atoms with E-state index in [4.69, 9.17) is 11.6 Å². The van der Waals surface area contributed by atoms with E-state index in [1.54, 1.807) is 35.6 Å². The van der Waals surface area contributed by atoms with E-state index in [0.717, 1.165) is 29.7 Å². The molecule has 1 atom stereocenters. The number of aryl methyl sites for hydroxylation is 1. The molecule has 0 bridgehead atoms. The molecule has 1 aliphatic carbocycles. The summed E-state index contributed by atoms with van der Waals surface area (Å²) >= 11 is 7.63. The number of carbonyl (C=O) groups excluding carboxylic acids is 2. The van der Waals surface area contributed by atoms with Crippen molar-refractivity contribution in [3.8, 4) is 0 Å². The van der Waals surface area contributed by atoms with Gasteiger partial charge in [-0.05, 0) is 42.9 Å². The van der Waals surface area contributed by atoms with Crippen LogP contribution in [0.3, 0.4) is 0 Å². The van der Waals surface area contributed by atoms with Gasteiger partial charge < -0.3 is 10.2 Å². The predicted molar refractivity (Wildman–Crippen MR) is 123 cm³/mol. The predicted octanol–water partition coefficient (Wildman–Crippen LogP) is 3.33. The summed E-state index contributed by atoms with van der Waals surface area (Å²) in [5.74, 6) is -0.115. The van der Waals surface area contributed by atoms with Gasteiger partial charge in [-0.15, -0.1) is 11.3 Å². The average Bonchev–Trinajstić information content (AvgIpc) is 3.09. The number of nitrogens with one attached hydrogen (secondary N) is 1. The Bertz CT molecular complexity index is 1220.